The van der Waals surface area contributed by atoms with E-state index in [4.69, 9.17) is 10.5 Å². The summed E-state index contributed by atoms with van der Waals surface area (Å²) < 4.78 is 21.3. The molecular weight excluding hydrogens is 483 g/mol. The molecule has 0 saturated carbocycles. The number of benzene rings is 2. The molecule has 1 atom stereocenters. The van der Waals surface area contributed by atoms with Gasteiger partial charge in [-0.2, -0.15) is 5.10 Å². The normalized spacial score (nSPS) is 14.6. The summed E-state index contributed by atoms with van der Waals surface area (Å²) in [6.45, 7) is 2.27. The topological polar surface area (TPSA) is 157 Å². The highest BCUT2D eigenvalue weighted by atomic mass is 19.1. The van der Waals surface area contributed by atoms with Crippen LogP contribution in [-0.4, -0.2) is 62.2 Å². The molecule has 5 rings (SSSR count). The first-order valence-corrected chi connectivity index (χ1v) is 11.5. The summed E-state index contributed by atoms with van der Waals surface area (Å²) in [5.74, 6) is -2.06. The molecule has 3 heterocycles. The minimum atomic E-state index is -1.54. The SMILES string of the molecule is NC(=O)Cn1nc(C(O)c2cc(-c3ncnc4cc(N5CCOCC5)ccc34)c(F)cc2O)ccc1=O. The average Bonchev–Trinajstić information content (AvgIpc) is 2.89. The summed E-state index contributed by atoms with van der Waals surface area (Å²) in [5, 5.41) is 25.9. The number of carbonyl (C=O) groups excluding carboxylic acids is 1. The number of halogens is 1. The third-order valence-electron chi connectivity index (χ3n) is 6.14. The lowest BCUT2D eigenvalue weighted by Gasteiger charge is -2.29. The molecule has 1 unspecified atom stereocenters. The van der Waals surface area contributed by atoms with E-state index in [1.54, 1.807) is 6.07 Å². The number of hydrogen-bond acceptors (Lipinski definition) is 9. The number of carbonyl (C=O) groups is 1. The van der Waals surface area contributed by atoms with Crippen molar-refractivity contribution in [2.75, 3.05) is 31.2 Å². The number of phenols is 1. The number of phenolic OH excluding ortho intramolecular Hbond substituents is 1. The molecule has 4 aromatic rings. The van der Waals surface area contributed by atoms with Crippen molar-refractivity contribution in [3.05, 3.63) is 76.2 Å². The lowest BCUT2D eigenvalue weighted by molar-refractivity contribution is -0.118. The number of fused-ring (bicyclic) bond motifs is 1. The van der Waals surface area contributed by atoms with E-state index in [-0.39, 0.29) is 22.5 Å². The van der Waals surface area contributed by atoms with Crippen LogP contribution in [0.1, 0.15) is 17.4 Å². The van der Waals surface area contributed by atoms with Gasteiger partial charge in [0.2, 0.25) is 5.91 Å². The predicted octanol–water partition coefficient (Wildman–Crippen LogP) is 1.10. The molecule has 1 amide bonds. The van der Waals surface area contributed by atoms with Crippen LogP contribution in [0, 0.1) is 5.82 Å². The minimum absolute atomic E-state index is 0.0313. The number of amides is 1. The van der Waals surface area contributed by atoms with Crippen molar-refractivity contribution in [3.8, 4) is 17.0 Å². The average molecular weight is 506 g/mol. The van der Waals surface area contributed by atoms with E-state index in [0.717, 1.165) is 35.6 Å². The van der Waals surface area contributed by atoms with Gasteiger partial charge in [0.05, 0.1) is 30.1 Å². The first kappa shape index (κ1) is 24.3. The Hall–Kier alpha value is -4.42. The van der Waals surface area contributed by atoms with Crippen LogP contribution in [0.5, 0.6) is 5.75 Å². The van der Waals surface area contributed by atoms with E-state index in [1.165, 1.54) is 18.5 Å². The number of nitrogens with two attached hydrogens (primary N) is 1. The number of ether oxygens (including phenoxy) is 1. The number of hydrogen-bond donors (Lipinski definition) is 3. The second-order valence-corrected chi connectivity index (χ2v) is 8.54. The third-order valence-corrected chi connectivity index (χ3v) is 6.14. The van der Waals surface area contributed by atoms with Gasteiger partial charge in [0.15, 0.2) is 0 Å². The van der Waals surface area contributed by atoms with Gasteiger partial charge in [0.25, 0.3) is 5.56 Å². The Morgan fingerprint density at radius 2 is 1.92 bits per heavy atom. The maximum atomic E-state index is 15.1. The number of morpholine rings is 1. The van der Waals surface area contributed by atoms with E-state index >= 15 is 4.39 Å². The molecule has 4 N–H and O–H groups in total. The molecule has 1 aliphatic rings. The molecule has 0 bridgehead atoms. The number of aromatic hydroxyl groups is 1. The Bertz CT molecular complexity index is 1550. The monoisotopic (exact) mass is 506 g/mol. The molecule has 1 fully saturated rings. The number of anilines is 1. The van der Waals surface area contributed by atoms with Crippen molar-refractivity contribution in [3.63, 3.8) is 0 Å². The van der Waals surface area contributed by atoms with Crippen molar-refractivity contribution in [1.29, 1.82) is 0 Å². The van der Waals surface area contributed by atoms with E-state index < -0.39 is 35.7 Å². The maximum Gasteiger partial charge on any atom is 0.267 e. The third kappa shape index (κ3) is 4.84. The lowest BCUT2D eigenvalue weighted by Crippen LogP contribution is -2.36. The zero-order valence-electron chi connectivity index (χ0n) is 19.5. The summed E-state index contributed by atoms with van der Waals surface area (Å²) in [6, 6.07) is 10.1. The summed E-state index contributed by atoms with van der Waals surface area (Å²) in [6.07, 6.45) is -0.218. The molecule has 11 nitrogen and oxygen atoms in total. The van der Waals surface area contributed by atoms with Gasteiger partial charge in [-0.25, -0.2) is 19.0 Å². The Morgan fingerprint density at radius 3 is 2.68 bits per heavy atom. The van der Waals surface area contributed by atoms with Crippen molar-refractivity contribution >= 4 is 22.5 Å². The molecule has 1 saturated heterocycles. The Balaban J connectivity index is 1.56. The standard InChI is InChI=1S/C25H23FN6O5/c26-18-11-21(33)17(25(36)19-3-4-23(35)32(30-19)12-22(27)34)10-16(18)24-15-2-1-14(9-20(15)28-13-29-24)31-5-7-37-8-6-31/h1-4,9-11,13,25,33,36H,5-8,12H2,(H2,27,34). The predicted molar refractivity (Wildman–Crippen MR) is 131 cm³/mol. The first-order valence-electron chi connectivity index (χ1n) is 11.5. The van der Waals surface area contributed by atoms with Gasteiger partial charge in [0, 0.05) is 47.4 Å². The van der Waals surface area contributed by atoms with E-state index in [0.29, 0.717) is 24.1 Å². The molecule has 12 heteroatoms. The van der Waals surface area contributed by atoms with Gasteiger partial charge in [0.1, 0.15) is 30.5 Å². The molecule has 2 aromatic heterocycles. The van der Waals surface area contributed by atoms with Gasteiger partial charge in [-0.1, -0.05) is 0 Å². The molecule has 2 aromatic carbocycles. The quantitative estimate of drug-likeness (QED) is 0.348. The van der Waals surface area contributed by atoms with Crippen LogP contribution in [0.4, 0.5) is 10.1 Å². The highest BCUT2D eigenvalue weighted by molar-refractivity contribution is 5.94. The van der Waals surface area contributed by atoms with Gasteiger partial charge in [-0.05, 0) is 30.3 Å². The fourth-order valence-corrected chi connectivity index (χ4v) is 4.29. The summed E-state index contributed by atoms with van der Waals surface area (Å²) >= 11 is 0. The lowest BCUT2D eigenvalue weighted by atomic mass is 9.98. The fourth-order valence-electron chi connectivity index (χ4n) is 4.29. The fraction of sp³-hybridized carbons (Fsp3) is 0.240. The van der Waals surface area contributed by atoms with Crippen molar-refractivity contribution in [2.24, 2.45) is 5.73 Å². The number of aliphatic hydroxyl groups excluding tert-OH is 1. The highest BCUT2D eigenvalue weighted by Crippen LogP contribution is 2.36. The number of rotatable bonds is 6. The van der Waals surface area contributed by atoms with E-state index in [9.17, 15) is 19.8 Å². The first-order chi connectivity index (χ1) is 17.8. The Labute approximate surface area is 209 Å². The van der Waals surface area contributed by atoms with E-state index in [1.807, 2.05) is 12.1 Å². The molecule has 37 heavy (non-hydrogen) atoms. The minimum Gasteiger partial charge on any atom is -0.507 e. The second-order valence-electron chi connectivity index (χ2n) is 8.54. The molecule has 190 valence electrons. The van der Waals surface area contributed by atoms with Crippen LogP contribution in [0.3, 0.4) is 0 Å². The van der Waals surface area contributed by atoms with Crippen molar-refractivity contribution in [1.82, 2.24) is 19.7 Å². The van der Waals surface area contributed by atoms with Gasteiger partial charge in [-0.15, -0.1) is 0 Å². The van der Waals surface area contributed by atoms with Crippen molar-refractivity contribution in [2.45, 2.75) is 12.6 Å². The Kier molecular flexibility index (Phi) is 6.51. The largest absolute Gasteiger partial charge is 0.507 e. The zero-order chi connectivity index (χ0) is 26.1. The maximum absolute atomic E-state index is 15.1. The number of aromatic nitrogens is 4. The summed E-state index contributed by atoms with van der Waals surface area (Å²) in [4.78, 5) is 34.0. The second kappa shape index (κ2) is 9.91. The molecule has 0 aliphatic carbocycles. The molecule has 0 spiro atoms. The van der Waals surface area contributed by atoms with Crippen LogP contribution in [0.25, 0.3) is 22.2 Å². The van der Waals surface area contributed by atoms with Crippen LogP contribution in [0.2, 0.25) is 0 Å². The van der Waals surface area contributed by atoms with E-state index in [2.05, 4.69) is 20.0 Å². The highest BCUT2D eigenvalue weighted by Gasteiger charge is 2.22. The van der Waals surface area contributed by atoms with Crippen LogP contribution in [0.15, 0.2) is 53.6 Å². The molecule has 1 aliphatic heterocycles. The summed E-state index contributed by atoms with van der Waals surface area (Å²) in [5.41, 5.74) is 6.31. The number of aliphatic hydroxyl groups is 1. The van der Waals surface area contributed by atoms with Gasteiger partial charge in [-0.3, -0.25) is 9.59 Å². The number of primary amides is 1. The van der Waals surface area contributed by atoms with Crippen molar-refractivity contribution < 1.29 is 24.1 Å². The van der Waals surface area contributed by atoms with Crippen LogP contribution in [-0.2, 0) is 16.1 Å². The van der Waals surface area contributed by atoms with Crippen LogP contribution < -0.4 is 16.2 Å². The van der Waals surface area contributed by atoms with Gasteiger partial charge >= 0.3 is 0 Å². The summed E-state index contributed by atoms with van der Waals surface area (Å²) in [7, 11) is 0. The van der Waals surface area contributed by atoms with Gasteiger partial charge < -0.3 is 25.6 Å². The molecular formula is C25H23FN6O5. The zero-order valence-corrected chi connectivity index (χ0v) is 19.5. The number of nitrogens with zero attached hydrogens (tertiary/aromatic N) is 5. The Morgan fingerprint density at radius 1 is 1.14 bits per heavy atom. The van der Waals surface area contributed by atoms with Crippen LogP contribution >= 0.6 is 0 Å². The molecule has 0 radical (unpaired) electrons. The smallest absolute Gasteiger partial charge is 0.267 e.